The summed E-state index contributed by atoms with van der Waals surface area (Å²) in [5.74, 6) is 1.80. The molecule has 0 radical (unpaired) electrons. The molecule has 0 aliphatic carbocycles. The van der Waals surface area contributed by atoms with Gasteiger partial charge in [-0.25, -0.2) is 4.98 Å². The van der Waals surface area contributed by atoms with Gasteiger partial charge in [0.1, 0.15) is 11.5 Å². The molecule has 1 aromatic heterocycles. The third-order valence-electron chi connectivity index (χ3n) is 3.55. The van der Waals surface area contributed by atoms with Crippen molar-refractivity contribution < 1.29 is 4.79 Å². The van der Waals surface area contributed by atoms with E-state index in [9.17, 15) is 4.79 Å². The van der Waals surface area contributed by atoms with Crippen LogP contribution in [0.3, 0.4) is 0 Å². The lowest BCUT2D eigenvalue weighted by molar-refractivity contribution is 0.0692. The number of rotatable bonds is 3. The number of thioether (sulfide) groups is 1. The molecule has 2 atom stereocenters. The summed E-state index contributed by atoms with van der Waals surface area (Å²) in [6.45, 7) is 9.21. The van der Waals surface area contributed by atoms with Crippen molar-refractivity contribution in [1.82, 2.24) is 9.88 Å². The minimum Gasteiger partial charge on any atom is -0.368 e. The number of carbonyl (C=O) groups is 1. The van der Waals surface area contributed by atoms with Gasteiger partial charge in [-0.1, -0.05) is 13.0 Å². The smallest absolute Gasteiger partial charge is 0.272 e. The Morgan fingerprint density at radius 2 is 2.20 bits per heavy atom. The standard InChI is InChI=1S/C15H23N3OS/c1-10(2)16-14-7-5-6-13(17-14)15(19)18-8-9-20-12(4)11(18)3/h5-7,10-12H,8-9H2,1-4H3,(H,16,17). The molecule has 2 unspecified atom stereocenters. The van der Waals surface area contributed by atoms with E-state index >= 15 is 0 Å². The van der Waals surface area contributed by atoms with Crippen molar-refractivity contribution in [3.63, 3.8) is 0 Å². The maximum Gasteiger partial charge on any atom is 0.272 e. The number of hydrogen-bond donors (Lipinski definition) is 1. The highest BCUT2D eigenvalue weighted by Crippen LogP contribution is 2.25. The molecule has 2 heterocycles. The maximum absolute atomic E-state index is 12.6. The molecular weight excluding hydrogens is 270 g/mol. The Morgan fingerprint density at radius 1 is 1.45 bits per heavy atom. The second-order valence-corrected chi connectivity index (χ2v) is 7.01. The van der Waals surface area contributed by atoms with Crippen LogP contribution in [-0.2, 0) is 0 Å². The van der Waals surface area contributed by atoms with Crippen LogP contribution in [0.1, 0.15) is 38.2 Å². The van der Waals surface area contributed by atoms with E-state index in [1.54, 1.807) is 6.07 Å². The number of anilines is 1. The molecule has 20 heavy (non-hydrogen) atoms. The predicted octanol–water partition coefficient (Wildman–Crippen LogP) is 2.87. The number of hydrogen-bond acceptors (Lipinski definition) is 4. The average molecular weight is 293 g/mol. The summed E-state index contributed by atoms with van der Waals surface area (Å²) in [5, 5.41) is 3.71. The lowest BCUT2D eigenvalue weighted by atomic mass is 10.2. The lowest BCUT2D eigenvalue weighted by Crippen LogP contribution is -2.48. The fourth-order valence-corrected chi connectivity index (χ4v) is 3.40. The van der Waals surface area contributed by atoms with E-state index in [1.807, 2.05) is 28.8 Å². The molecule has 0 bridgehead atoms. The molecule has 0 saturated carbocycles. The van der Waals surface area contributed by atoms with Gasteiger partial charge in [0.05, 0.1) is 0 Å². The third kappa shape index (κ3) is 3.45. The van der Waals surface area contributed by atoms with E-state index in [-0.39, 0.29) is 11.9 Å². The van der Waals surface area contributed by atoms with Gasteiger partial charge < -0.3 is 10.2 Å². The van der Waals surface area contributed by atoms with E-state index in [0.29, 0.717) is 17.0 Å². The Morgan fingerprint density at radius 3 is 2.90 bits per heavy atom. The SMILES string of the molecule is CC(C)Nc1cccc(C(=O)N2CCSC(C)C2C)n1. The normalized spacial score (nSPS) is 22.9. The topological polar surface area (TPSA) is 45.2 Å². The number of aromatic nitrogens is 1. The first kappa shape index (κ1) is 15.2. The molecule has 1 N–H and O–H groups in total. The Hall–Kier alpha value is -1.23. The van der Waals surface area contributed by atoms with Gasteiger partial charge in [-0.05, 0) is 32.9 Å². The summed E-state index contributed by atoms with van der Waals surface area (Å²) < 4.78 is 0. The summed E-state index contributed by atoms with van der Waals surface area (Å²) in [6.07, 6.45) is 0. The van der Waals surface area contributed by atoms with Crippen LogP contribution in [0.25, 0.3) is 0 Å². The van der Waals surface area contributed by atoms with Gasteiger partial charge in [0, 0.05) is 29.6 Å². The minimum absolute atomic E-state index is 0.0389. The second kappa shape index (κ2) is 6.48. The van der Waals surface area contributed by atoms with Crippen LogP contribution in [0, 0.1) is 0 Å². The Labute approximate surface area is 125 Å². The average Bonchev–Trinajstić information content (AvgIpc) is 2.41. The maximum atomic E-state index is 12.6. The molecule has 1 aromatic rings. The van der Waals surface area contributed by atoms with Crippen molar-refractivity contribution in [2.24, 2.45) is 0 Å². The highest BCUT2D eigenvalue weighted by molar-refractivity contribution is 8.00. The first-order chi connectivity index (χ1) is 9.49. The molecule has 0 spiro atoms. The first-order valence-corrected chi connectivity index (χ1v) is 8.20. The van der Waals surface area contributed by atoms with Gasteiger partial charge in [0.15, 0.2) is 0 Å². The van der Waals surface area contributed by atoms with Crippen molar-refractivity contribution >= 4 is 23.5 Å². The minimum atomic E-state index is 0.0389. The van der Waals surface area contributed by atoms with Crippen LogP contribution in [0.4, 0.5) is 5.82 Å². The Kier molecular flexibility index (Phi) is 4.91. The zero-order valence-corrected chi connectivity index (χ0v) is 13.4. The molecule has 0 aromatic carbocycles. The van der Waals surface area contributed by atoms with Crippen molar-refractivity contribution in [3.8, 4) is 0 Å². The van der Waals surface area contributed by atoms with Gasteiger partial charge in [0.2, 0.25) is 0 Å². The molecule has 1 fully saturated rings. The molecule has 4 nitrogen and oxygen atoms in total. The predicted molar refractivity (Wildman–Crippen MR) is 85.4 cm³/mol. The van der Waals surface area contributed by atoms with Crippen molar-refractivity contribution in [1.29, 1.82) is 0 Å². The van der Waals surface area contributed by atoms with Crippen LogP contribution >= 0.6 is 11.8 Å². The van der Waals surface area contributed by atoms with Crippen LogP contribution in [0.5, 0.6) is 0 Å². The molecule has 1 saturated heterocycles. The highest BCUT2D eigenvalue weighted by atomic mass is 32.2. The highest BCUT2D eigenvalue weighted by Gasteiger charge is 2.30. The molecule has 2 rings (SSSR count). The summed E-state index contributed by atoms with van der Waals surface area (Å²) in [7, 11) is 0. The molecule has 1 amide bonds. The van der Waals surface area contributed by atoms with E-state index < -0.39 is 0 Å². The first-order valence-electron chi connectivity index (χ1n) is 7.15. The molecule has 1 aliphatic heterocycles. The van der Waals surface area contributed by atoms with Crippen LogP contribution in [-0.4, -0.2) is 45.4 Å². The molecule has 110 valence electrons. The zero-order valence-electron chi connectivity index (χ0n) is 12.6. The van der Waals surface area contributed by atoms with E-state index in [2.05, 4.69) is 38.0 Å². The summed E-state index contributed by atoms with van der Waals surface area (Å²) in [6, 6.07) is 6.14. The number of nitrogens with zero attached hydrogens (tertiary/aromatic N) is 2. The summed E-state index contributed by atoms with van der Waals surface area (Å²) in [5.41, 5.74) is 0.529. The van der Waals surface area contributed by atoms with Gasteiger partial charge >= 0.3 is 0 Å². The van der Waals surface area contributed by atoms with Crippen LogP contribution in [0.2, 0.25) is 0 Å². The largest absolute Gasteiger partial charge is 0.368 e. The van der Waals surface area contributed by atoms with Crippen LogP contribution in [0.15, 0.2) is 18.2 Å². The monoisotopic (exact) mass is 293 g/mol. The van der Waals surface area contributed by atoms with Crippen molar-refractivity contribution in [3.05, 3.63) is 23.9 Å². The number of nitrogens with one attached hydrogen (secondary N) is 1. The molecule has 5 heteroatoms. The van der Waals surface area contributed by atoms with Gasteiger partial charge in [-0.15, -0.1) is 0 Å². The quantitative estimate of drug-likeness (QED) is 0.931. The number of amides is 1. The van der Waals surface area contributed by atoms with E-state index in [1.165, 1.54) is 0 Å². The van der Waals surface area contributed by atoms with Gasteiger partial charge in [-0.2, -0.15) is 11.8 Å². The number of pyridine rings is 1. The summed E-state index contributed by atoms with van der Waals surface area (Å²) >= 11 is 1.93. The molecular formula is C15H23N3OS. The number of carbonyl (C=O) groups excluding carboxylic acids is 1. The van der Waals surface area contributed by atoms with E-state index in [4.69, 9.17) is 0 Å². The third-order valence-corrected chi connectivity index (χ3v) is 4.89. The van der Waals surface area contributed by atoms with Crippen molar-refractivity contribution in [2.45, 2.75) is 45.0 Å². The van der Waals surface area contributed by atoms with E-state index in [0.717, 1.165) is 18.1 Å². The van der Waals surface area contributed by atoms with Crippen molar-refractivity contribution in [2.75, 3.05) is 17.6 Å². The van der Waals surface area contributed by atoms with Crippen LogP contribution < -0.4 is 5.32 Å². The Balaban J connectivity index is 2.16. The lowest BCUT2D eigenvalue weighted by Gasteiger charge is -2.37. The summed E-state index contributed by atoms with van der Waals surface area (Å²) in [4.78, 5) is 19.0. The zero-order chi connectivity index (χ0) is 14.7. The fourth-order valence-electron chi connectivity index (χ4n) is 2.30. The second-order valence-electron chi connectivity index (χ2n) is 5.52. The van der Waals surface area contributed by atoms with Gasteiger partial charge in [-0.3, -0.25) is 4.79 Å². The Bertz CT molecular complexity index is 478. The van der Waals surface area contributed by atoms with Gasteiger partial charge in [0.25, 0.3) is 5.91 Å². The molecule has 1 aliphatic rings. The fraction of sp³-hybridized carbons (Fsp3) is 0.600.